The van der Waals surface area contributed by atoms with E-state index in [-0.39, 0.29) is 23.3 Å². The normalized spacial score (nSPS) is 15.0. The molecule has 8 heteroatoms. The summed E-state index contributed by atoms with van der Waals surface area (Å²) >= 11 is 0. The van der Waals surface area contributed by atoms with Crippen LogP contribution in [0, 0.1) is 18.7 Å². The maximum Gasteiger partial charge on any atom is 0.254 e. The van der Waals surface area contributed by atoms with E-state index in [2.05, 4.69) is 10.6 Å². The van der Waals surface area contributed by atoms with E-state index in [4.69, 9.17) is 4.74 Å². The van der Waals surface area contributed by atoms with Gasteiger partial charge in [0.15, 0.2) is 0 Å². The number of piperidine rings is 1. The Hall–Kier alpha value is -3.26. The van der Waals surface area contributed by atoms with Gasteiger partial charge in [-0.2, -0.15) is 0 Å². The molecule has 182 valence electrons. The van der Waals surface area contributed by atoms with Gasteiger partial charge < -0.3 is 20.3 Å². The fourth-order valence-corrected chi connectivity index (χ4v) is 4.20. The summed E-state index contributed by atoms with van der Waals surface area (Å²) in [6, 6.07) is 12.3. The highest BCUT2D eigenvalue weighted by Crippen LogP contribution is 2.23. The fraction of sp³-hybridized carbons (Fsp3) is 0.423. The smallest absolute Gasteiger partial charge is 0.254 e. The van der Waals surface area contributed by atoms with Crippen LogP contribution in [0.5, 0.6) is 0 Å². The molecule has 3 rings (SSSR count). The molecule has 34 heavy (non-hydrogen) atoms. The molecule has 0 spiro atoms. The van der Waals surface area contributed by atoms with Crippen molar-refractivity contribution < 1.29 is 23.5 Å². The highest BCUT2D eigenvalue weighted by atomic mass is 19.1. The van der Waals surface area contributed by atoms with Crippen molar-refractivity contribution in [2.24, 2.45) is 5.92 Å². The van der Waals surface area contributed by atoms with Gasteiger partial charge >= 0.3 is 0 Å². The molecule has 0 aromatic heterocycles. The highest BCUT2D eigenvalue weighted by molar-refractivity contribution is 5.98. The van der Waals surface area contributed by atoms with Crippen molar-refractivity contribution in [3.05, 3.63) is 71.0 Å². The molecule has 2 aromatic rings. The lowest BCUT2D eigenvalue weighted by atomic mass is 9.88. The number of ether oxygens (including phenoxy) is 1. The lowest BCUT2D eigenvalue weighted by Gasteiger charge is -2.36. The van der Waals surface area contributed by atoms with E-state index in [0.717, 1.165) is 5.56 Å². The van der Waals surface area contributed by atoms with Crippen LogP contribution in [0.15, 0.2) is 48.5 Å². The SMILES string of the molecule is COCCCNC(=O)C(NC(=O)c1ccccc1F)C1CCN(C(=O)c2cccc(C)c2)CC1. The second-order valence-corrected chi connectivity index (χ2v) is 8.57. The van der Waals surface area contributed by atoms with Gasteiger partial charge in [-0.25, -0.2) is 4.39 Å². The summed E-state index contributed by atoms with van der Waals surface area (Å²) in [6.07, 6.45) is 1.73. The van der Waals surface area contributed by atoms with E-state index in [1.165, 1.54) is 18.2 Å². The molecule has 0 aliphatic carbocycles. The Labute approximate surface area is 199 Å². The number of methoxy groups -OCH3 is 1. The van der Waals surface area contributed by atoms with Gasteiger partial charge in [-0.05, 0) is 56.4 Å². The average Bonchev–Trinajstić information content (AvgIpc) is 2.85. The molecule has 0 bridgehead atoms. The number of aryl methyl sites for hydroxylation is 1. The number of likely N-dealkylation sites (tertiary alicyclic amines) is 1. The molecule has 2 aromatic carbocycles. The van der Waals surface area contributed by atoms with Gasteiger partial charge in [-0.1, -0.05) is 29.8 Å². The minimum absolute atomic E-state index is 0.0434. The molecule has 7 nitrogen and oxygen atoms in total. The maximum atomic E-state index is 14.1. The molecule has 0 radical (unpaired) electrons. The summed E-state index contributed by atoms with van der Waals surface area (Å²) in [5, 5.41) is 5.59. The third-order valence-electron chi connectivity index (χ3n) is 6.08. The molecule has 2 N–H and O–H groups in total. The number of nitrogens with zero attached hydrogens (tertiary/aromatic N) is 1. The molecule has 1 fully saturated rings. The zero-order valence-corrected chi connectivity index (χ0v) is 19.7. The van der Waals surface area contributed by atoms with Crippen molar-refractivity contribution in [1.29, 1.82) is 0 Å². The average molecular weight is 470 g/mol. The zero-order chi connectivity index (χ0) is 24.5. The first-order valence-corrected chi connectivity index (χ1v) is 11.6. The van der Waals surface area contributed by atoms with Crippen LogP contribution in [0.2, 0.25) is 0 Å². The standard InChI is InChI=1S/C26H32FN3O4/c1-18-7-5-8-20(17-18)26(33)30-14-11-19(12-15-30)23(25(32)28-13-6-16-34-2)29-24(31)21-9-3-4-10-22(21)27/h3-5,7-10,17,19,23H,6,11-16H2,1-2H3,(H,28,32)(H,29,31). The minimum atomic E-state index is -0.828. The summed E-state index contributed by atoms with van der Waals surface area (Å²) in [5.74, 6) is -1.81. The van der Waals surface area contributed by atoms with Crippen molar-refractivity contribution in [3.8, 4) is 0 Å². The Morgan fingerprint density at radius 2 is 1.85 bits per heavy atom. The summed E-state index contributed by atoms with van der Waals surface area (Å²) in [4.78, 5) is 40.4. The number of nitrogens with one attached hydrogen (secondary N) is 2. The molecule has 0 saturated carbocycles. The molecule has 1 unspecified atom stereocenters. The Morgan fingerprint density at radius 3 is 2.53 bits per heavy atom. The number of hydrogen-bond donors (Lipinski definition) is 2. The largest absolute Gasteiger partial charge is 0.385 e. The lowest BCUT2D eigenvalue weighted by molar-refractivity contribution is -0.124. The number of benzene rings is 2. The van der Waals surface area contributed by atoms with Gasteiger partial charge in [0.1, 0.15) is 11.9 Å². The van der Waals surface area contributed by atoms with Gasteiger partial charge in [0.05, 0.1) is 5.56 Å². The first kappa shape index (κ1) is 25.4. The number of carbonyl (C=O) groups excluding carboxylic acids is 3. The summed E-state index contributed by atoms with van der Waals surface area (Å²) < 4.78 is 19.1. The summed E-state index contributed by atoms with van der Waals surface area (Å²) in [7, 11) is 1.59. The summed E-state index contributed by atoms with van der Waals surface area (Å²) in [5.41, 5.74) is 1.55. The van der Waals surface area contributed by atoms with E-state index >= 15 is 0 Å². The van der Waals surface area contributed by atoms with E-state index in [9.17, 15) is 18.8 Å². The maximum absolute atomic E-state index is 14.1. The van der Waals surface area contributed by atoms with E-state index in [1.54, 1.807) is 24.1 Å². The lowest BCUT2D eigenvalue weighted by Crippen LogP contribution is -2.54. The van der Waals surface area contributed by atoms with Gasteiger partial charge in [0.2, 0.25) is 5.91 Å². The van der Waals surface area contributed by atoms with Crippen LogP contribution in [0.4, 0.5) is 4.39 Å². The Morgan fingerprint density at radius 1 is 1.12 bits per heavy atom. The monoisotopic (exact) mass is 469 g/mol. The van der Waals surface area contributed by atoms with Gasteiger partial charge in [0.25, 0.3) is 11.8 Å². The third kappa shape index (κ3) is 6.63. The van der Waals surface area contributed by atoms with Crippen LogP contribution in [0.1, 0.15) is 45.5 Å². The van der Waals surface area contributed by atoms with Crippen LogP contribution >= 0.6 is 0 Å². The quantitative estimate of drug-likeness (QED) is 0.553. The first-order chi connectivity index (χ1) is 16.4. The second kappa shape index (κ2) is 12.3. The topological polar surface area (TPSA) is 87.7 Å². The molecule has 3 amide bonds. The van der Waals surface area contributed by atoms with Crippen LogP contribution in [0.3, 0.4) is 0 Å². The number of carbonyl (C=O) groups is 3. The molecule has 1 saturated heterocycles. The van der Waals surface area contributed by atoms with Crippen molar-refractivity contribution in [3.63, 3.8) is 0 Å². The summed E-state index contributed by atoms with van der Waals surface area (Å²) in [6.45, 7) is 3.80. The third-order valence-corrected chi connectivity index (χ3v) is 6.08. The van der Waals surface area contributed by atoms with Gasteiger partial charge in [-0.3, -0.25) is 14.4 Å². The Balaban J connectivity index is 1.68. The van der Waals surface area contributed by atoms with E-state index in [0.29, 0.717) is 51.1 Å². The molecule has 1 heterocycles. The van der Waals surface area contributed by atoms with Crippen molar-refractivity contribution in [1.82, 2.24) is 15.5 Å². The fourth-order valence-electron chi connectivity index (χ4n) is 4.20. The number of amides is 3. The van der Waals surface area contributed by atoms with E-state index in [1.807, 2.05) is 25.1 Å². The second-order valence-electron chi connectivity index (χ2n) is 8.57. The van der Waals surface area contributed by atoms with Gasteiger partial charge in [0, 0.05) is 38.9 Å². The van der Waals surface area contributed by atoms with Crippen LogP contribution in [-0.4, -0.2) is 62.0 Å². The van der Waals surface area contributed by atoms with Crippen LogP contribution in [0.25, 0.3) is 0 Å². The number of rotatable bonds is 9. The molecule has 1 atom stereocenters. The Kier molecular flexibility index (Phi) is 9.16. The molecule has 1 aliphatic heterocycles. The molecular weight excluding hydrogens is 437 g/mol. The van der Waals surface area contributed by atoms with Crippen molar-refractivity contribution in [2.75, 3.05) is 33.4 Å². The highest BCUT2D eigenvalue weighted by Gasteiger charge is 2.34. The molecule has 1 aliphatic rings. The van der Waals surface area contributed by atoms with Crippen molar-refractivity contribution in [2.45, 2.75) is 32.2 Å². The minimum Gasteiger partial charge on any atom is -0.385 e. The first-order valence-electron chi connectivity index (χ1n) is 11.6. The Bertz CT molecular complexity index is 1010. The zero-order valence-electron chi connectivity index (χ0n) is 19.7. The molecular formula is C26H32FN3O4. The van der Waals surface area contributed by atoms with Crippen molar-refractivity contribution >= 4 is 17.7 Å². The predicted molar refractivity (Wildman–Crippen MR) is 127 cm³/mol. The van der Waals surface area contributed by atoms with Gasteiger partial charge in [-0.15, -0.1) is 0 Å². The number of halogens is 1. The number of hydrogen-bond acceptors (Lipinski definition) is 4. The van der Waals surface area contributed by atoms with Crippen LogP contribution in [-0.2, 0) is 9.53 Å². The predicted octanol–water partition coefficient (Wildman–Crippen LogP) is 2.94. The van der Waals surface area contributed by atoms with E-state index < -0.39 is 17.8 Å². The van der Waals surface area contributed by atoms with Crippen LogP contribution < -0.4 is 10.6 Å².